The number of carbonyl (C=O) groups excluding carboxylic acids is 1. The van der Waals surface area contributed by atoms with Gasteiger partial charge in [-0.05, 0) is 32.2 Å². The van der Waals surface area contributed by atoms with E-state index in [1.54, 1.807) is 0 Å². The number of hydrogen-bond donors (Lipinski definition) is 1. The van der Waals surface area contributed by atoms with Crippen molar-refractivity contribution < 1.29 is 4.79 Å². The summed E-state index contributed by atoms with van der Waals surface area (Å²) >= 11 is 6.29. The van der Waals surface area contributed by atoms with Crippen molar-refractivity contribution in [1.29, 1.82) is 0 Å². The van der Waals surface area contributed by atoms with Crippen LogP contribution in [0.25, 0.3) is 0 Å². The fourth-order valence-electron chi connectivity index (χ4n) is 3.97. The van der Waals surface area contributed by atoms with Gasteiger partial charge in [0.05, 0.1) is 11.1 Å². The SMILES string of the molecule is CCCCc1nc(Cl)c(CN2CCC3(CCCN(C)C3=O)C2)[nH]1. The maximum atomic E-state index is 12.6. The lowest BCUT2D eigenvalue weighted by atomic mass is 9.78. The molecule has 1 N–H and O–H groups in total. The van der Waals surface area contributed by atoms with Gasteiger partial charge < -0.3 is 9.88 Å². The zero-order valence-electron chi connectivity index (χ0n) is 14.2. The summed E-state index contributed by atoms with van der Waals surface area (Å²) in [6.45, 7) is 5.63. The summed E-state index contributed by atoms with van der Waals surface area (Å²) in [7, 11) is 1.93. The number of unbranched alkanes of at least 4 members (excludes halogenated alkanes) is 1. The molecule has 6 heteroatoms. The topological polar surface area (TPSA) is 52.2 Å². The molecule has 3 heterocycles. The molecule has 1 amide bonds. The normalized spacial score (nSPS) is 25.7. The Labute approximate surface area is 143 Å². The number of imidazole rings is 1. The number of amides is 1. The second-order valence-corrected chi connectivity index (χ2v) is 7.49. The smallest absolute Gasteiger partial charge is 0.229 e. The number of rotatable bonds is 5. The molecule has 1 spiro atoms. The van der Waals surface area contributed by atoms with Crippen molar-refractivity contribution in [1.82, 2.24) is 19.8 Å². The van der Waals surface area contributed by atoms with Gasteiger partial charge in [-0.2, -0.15) is 0 Å². The average Bonchev–Trinajstić information content (AvgIpc) is 3.08. The number of nitrogens with zero attached hydrogens (tertiary/aromatic N) is 3. The lowest BCUT2D eigenvalue weighted by Crippen LogP contribution is -2.48. The molecule has 23 heavy (non-hydrogen) atoms. The zero-order valence-corrected chi connectivity index (χ0v) is 15.0. The summed E-state index contributed by atoms with van der Waals surface area (Å²) in [6, 6.07) is 0. The van der Waals surface area contributed by atoms with Crippen molar-refractivity contribution in [2.75, 3.05) is 26.7 Å². The Morgan fingerprint density at radius 2 is 2.17 bits per heavy atom. The molecule has 128 valence electrons. The van der Waals surface area contributed by atoms with Crippen molar-refractivity contribution in [2.24, 2.45) is 5.41 Å². The third-order valence-electron chi connectivity index (χ3n) is 5.31. The Balaban J connectivity index is 1.64. The van der Waals surface area contributed by atoms with Crippen LogP contribution in [-0.2, 0) is 17.8 Å². The maximum Gasteiger partial charge on any atom is 0.229 e. The van der Waals surface area contributed by atoms with Gasteiger partial charge in [0.25, 0.3) is 0 Å². The zero-order chi connectivity index (χ0) is 16.4. The van der Waals surface area contributed by atoms with Crippen molar-refractivity contribution >= 4 is 17.5 Å². The van der Waals surface area contributed by atoms with Crippen molar-refractivity contribution in [2.45, 2.75) is 52.0 Å². The number of aromatic amines is 1. The van der Waals surface area contributed by atoms with Crippen molar-refractivity contribution in [3.8, 4) is 0 Å². The Morgan fingerprint density at radius 1 is 1.35 bits per heavy atom. The third-order valence-corrected chi connectivity index (χ3v) is 5.62. The van der Waals surface area contributed by atoms with Gasteiger partial charge in [0, 0.05) is 33.1 Å². The van der Waals surface area contributed by atoms with Crippen LogP contribution in [0.4, 0.5) is 0 Å². The fourth-order valence-corrected chi connectivity index (χ4v) is 4.18. The second-order valence-electron chi connectivity index (χ2n) is 7.13. The van der Waals surface area contributed by atoms with Crippen molar-refractivity contribution in [3.05, 3.63) is 16.7 Å². The molecule has 1 aromatic rings. The largest absolute Gasteiger partial charge is 0.345 e. The van der Waals surface area contributed by atoms with E-state index in [1.165, 1.54) is 0 Å². The maximum absolute atomic E-state index is 12.6. The lowest BCUT2D eigenvalue weighted by Gasteiger charge is -2.37. The highest BCUT2D eigenvalue weighted by molar-refractivity contribution is 6.30. The summed E-state index contributed by atoms with van der Waals surface area (Å²) in [5, 5.41) is 0.587. The molecule has 2 saturated heterocycles. The first-order valence-corrected chi connectivity index (χ1v) is 9.13. The van der Waals surface area contributed by atoms with Gasteiger partial charge in [0.1, 0.15) is 5.82 Å². The first kappa shape index (κ1) is 16.8. The molecule has 1 aromatic heterocycles. The summed E-state index contributed by atoms with van der Waals surface area (Å²) < 4.78 is 0. The number of piperidine rings is 1. The number of likely N-dealkylation sites (tertiary alicyclic amines) is 2. The molecular weight excluding hydrogens is 312 g/mol. The van der Waals surface area contributed by atoms with Crippen LogP contribution in [-0.4, -0.2) is 52.4 Å². The van der Waals surface area contributed by atoms with E-state index >= 15 is 0 Å². The monoisotopic (exact) mass is 338 g/mol. The van der Waals surface area contributed by atoms with Crippen LogP contribution >= 0.6 is 11.6 Å². The minimum Gasteiger partial charge on any atom is -0.345 e. The van der Waals surface area contributed by atoms with Crippen LogP contribution in [0.1, 0.15) is 50.5 Å². The predicted molar refractivity (Wildman–Crippen MR) is 91.4 cm³/mol. The molecular formula is C17H27ClN4O. The number of nitrogens with one attached hydrogen (secondary N) is 1. The average molecular weight is 339 g/mol. The van der Waals surface area contributed by atoms with Crippen LogP contribution < -0.4 is 0 Å². The summed E-state index contributed by atoms with van der Waals surface area (Å²) in [5.74, 6) is 1.31. The van der Waals surface area contributed by atoms with E-state index in [1.807, 2.05) is 11.9 Å². The Hall–Kier alpha value is -1.07. The van der Waals surface area contributed by atoms with Gasteiger partial charge in [0.15, 0.2) is 5.15 Å². The van der Waals surface area contributed by atoms with E-state index in [2.05, 4.69) is 21.8 Å². The van der Waals surface area contributed by atoms with Crippen molar-refractivity contribution in [3.63, 3.8) is 0 Å². The first-order chi connectivity index (χ1) is 11.0. The number of aryl methyl sites for hydroxylation is 1. The van der Waals surface area contributed by atoms with Crippen LogP contribution in [0.15, 0.2) is 0 Å². The van der Waals surface area contributed by atoms with Gasteiger partial charge in [-0.3, -0.25) is 9.69 Å². The molecule has 1 atom stereocenters. The van der Waals surface area contributed by atoms with Crippen LogP contribution in [0, 0.1) is 5.41 Å². The highest BCUT2D eigenvalue weighted by Crippen LogP contribution is 2.40. The predicted octanol–water partition coefficient (Wildman–Crippen LogP) is 2.85. The minimum atomic E-state index is -0.162. The van der Waals surface area contributed by atoms with E-state index in [0.717, 1.165) is 76.2 Å². The van der Waals surface area contributed by atoms with E-state index in [0.29, 0.717) is 11.1 Å². The minimum absolute atomic E-state index is 0.162. The standard InChI is InChI=1S/C17H27ClN4O/c1-3-4-6-14-19-13(15(18)20-14)11-22-10-8-17(12-22)7-5-9-21(2)16(17)23/h3-12H2,1-2H3,(H,19,20). The molecule has 2 aliphatic rings. The van der Waals surface area contributed by atoms with E-state index in [-0.39, 0.29) is 5.41 Å². The molecule has 3 rings (SSSR count). The lowest BCUT2D eigenvalue weighted by molar-refractivity contribution is -0.143. The summed E-state index contributed by atoms with van der Waals surface area (Å²) in [6.07, 6.45) is 6.32. The number of halogens is 1. The Kier molecular flexibility index (Phi) is 4.97. The fraction of sp³-hybridized carbons (Fsp3) is 0.765. The molecule has 0 aromatic carbocycles. The summed E-state index contributed by atoms with van der Waals surface area (Å²) in [5.41, 5.74) is 0.830. The highest BCUT2D eigenvalue weighted by Gasteiger charge is 2.47. The second kappa shape index (κ2) is 6.81. The summed E-state index contributed by atoms with van der Waals surface area (Å²) in [4.78, 5) is 24.6. The van der Waals surface area contributed by atoms with Gasteiger partial charge in [-0.15, -0.1) is 0 Å². The van der Waals surface area contributed by atoms with Crippen LogP contribution in [0.5, 0.6) is 0 Å². The van der Waals surface area contributed by atoms with Gasteiger partial charge >= 0.3 is 0 Å². The number of H-pyrrole nitrogens is 1. The molecule has 1 unspecified atom stereocenters. The van der Waals surface area contributed by atoms with E-state index in [4.69, 9.17) is 11.6 Å². The molecule has 0 saturated carbocycles. The highest BCUT2D eigenvalue weighted by atomic mass is 35.5. The first-order valence-electron chi connectivity index (χ1n) is 8.75. The van der Waals surface area contributed by atoms with Crippen LogP contribution in [0.3, 0.4) is 0 Å². The molecule has 0 bridgehead atoms. The Morgan fingerprint density at radius 3 is 2.96 bits per heavy atom. The number of aromatic nitrogens is 2. The number of hydrogen-bond acceptors (Lipinski definition) is 3. The van der Waals surface area contributed by atoms with E-state index in [9.17, 15) is 4.79 Å². The molecule has 0 aliphatic carbocycles. The molecule has 2 aliphatic heterocycles. The molecule has 0 radical (unpaired) electrons. The third kappa shape index (κ3) is 3.41. The van der Waals surface area contributed by atoms with Gasteiger partial charge in [-0.1, -0.05) is 24.9 Å². The van der Waals surface area contributed by atoms with E-state index < -0.39 is 0 Å². The molecule has 5 nitrogen and oxygen atoms in total. The van der Waals surface area contributed by atoms with Gasteiger partial charge in [-0.25, -0.2) is 4.98 Å². The van der Waals surface area contributed by atoms with Crippen LogP contribution in [0.2, 0.25) is 5.15 Å². The Bertz CT molecular complexity index is 573. The van der Waals surface area contributed by atoms with Gasteiger partial charge in [0.2, 0.25) is 5.91 Å². The quantitative estimate of drug-likeness (QED) is 0.898. The number of carbonyl (C=O) groups is 1. The molecule has 2 fully saturated rings.